The van der Waals surface area contributed by atoms with Crippen molar-refractivity contribution in [2.24, 2.45) is 0 Å². The van der Waals surface area contributed by atoms with E-state index in [0.717, 1.165) is 68.0 Å². The zero-order valence-corrected chi connectivity index (χ0v) is 16.2. The largest absolute Gasteiger partial charge is 0.522 e. The van der Waals surface area contributed by atoms with E-state index in [1.807, 2.05) is 19.1 Å². The van der Waals surface area contributed by atoms with Crippen LogP contribution in [0.2, 0.25) is 0 Å². The van der Waals surface area contributed by atoms with Gasteiger partial charge in [-0.2, -0.15) is 0 Å². The van der Waals surface area contributed by atoms with Crippen LogP contribution < -0.4 is 21.7 Å². The lowest BCUT2D eigenvalue weighted by atomic mass is 9.69. The Morgan fingerprint density at radius 1 is 1.11 bits per heavy atom. The van der Waals surface area contributed by atoms with Crippen molar-refractivity contribution in [1.82, 2.24) is 10.5 Å². The lowest BCUT2D eigenvalue weighted by Gasteiger charge is -2.25. The van der Waals surface area contributed by atoms with Crippen molar-refractivity contribution in [3.63, 3.8) is 0 Å². The van der Waals surface area contributed by atoms with Crippen LogP contribution in [0.1, 0.15) is 68.9 Å². The number of nitrogens with one attached hydrogen (secondary N) is 2. The topological polar surface area (TPSA) is 93.4 Å². The van der Waals surface area contributed by atoms with Gasteiger partial charge in [0.25, 0.3) is 5.97 Å². The van der Waals surface area contributed by atoms with Gasteiger partial charge in [-0.1, -0.05) is 31.7 Å². The quantitative estimate of drug-likeness (QED) is 0.550. The van der Waals surface area contributed by atoms with Gasteiger partial charge in [-0.05, 0) is 61.7 Å². The molecule has 1 aliphatic carbocycles. The zero-order valence-electron chi connectivity index (χ0n) is 16.2. The number of benzene rings is 1. The summed E-state index contributed by atoms with van der Waals surface area (Å²) in [5.41, 5.74) is 9.62. The number of hydrogen-bond acceptors (Lipinski definition) is 4. The third-order valence-electron chi connectivity index (χ3n) is 5.59. The van der Waals surface area contributed by atoms with Gasteiger partial charge in [0.05, 0.1) is 0 Å². The molecule has 1 aliphatic heterocycles. The lowest BCUT2D eigenvalue weighted by molar-refractivity contribution is -0.134. The molecule has 4 N–H and O–H groups in total. The average Bonchev–Trinajstić information content (AvgIpc) is 2.64. The highest BCUT2D eigenvalue weighted by molar-refractivity contribution is 6.69. The number of fused-ring (bicyclic) bond motifs is 1. The molecule has 0 aromatic heterocycles. The second-order valence-corrected chi connectivity index (χ2v) is 7.79. The standard InChI is InChI=1S/C20H30BN3O3/c1-14-12-15-8-4-2-7-11-19(25)27-21(17(15)13-18(14)22)24-20(26)23-16-9-5-3-6-10-16/h12-13,16H,2-11,22H2,1H3,(H2,23,24,26). The molecule has 6 nitrogen and oxygen atoms in total. The minimum absolute atomic E-state index is 0.191. The van der Waals surface area contributed by atoms with Gasteiger partial charge in [-0.25, -0.2) is 0 Å². The summed E-state index contributed by atoms with van der Waals surface area (Å²) in [6.45, 7) is 1.97. The van der Waals surface area contributed by atoms with E-state index in [2.05, 4.69) is 10.5 Å². The summed E-state index contributed by atoms with van der Waals surface area (Å²) in [5, 5.41) is 5.90. The Morgan fingerprint density at radius 2 is 1.81 bits per heavy atom. The number of amides is 2. The number of rotatable bonds is 2. The smallest absolute Gasteiger partial charge is 0.511 e. The molecule has 0 atom stereocenters. The molecule has 1 aromatic carbocycles. The molecule has 2 amide bonds. The molecule has 3 rings (SSSR count). The number of carbonyl (C=O) groups excluding carboxylic acids is 2. The van der Waals surface area contributed by atoms with Gasteiger partial charge in [-0.15, -0.1) is 0 Å². The van der Waals surface area contributed by atoms with Gasteiger partial charge in [0.2, 0.25) is 0 Å². The Morgan fingerprint density at radius 3 is 2.59 bits per heavy atom. The molecule has 27 heavy (non-hydrogen) atoms. The second kappa shape index (κ2) is 9.15. The number of nitrogens with two attached hydrogens (primary N) is 1. The summed E-state index contributed by atoms with van der Waals surface area (Å²) in [6, 6.07) is 3.79. The maximum absolute atomic E-state index is 12.6. The number of aryl methyl sites for hydroxylation is 2. The van der Waals surface area contributed by atoms with Gasteiger partial charge in [0, 0.05) is 18.2 Å². The van der Waals surface area contributed by atoms with Gasteiger partial charge in [-0.3, -0.25) is 9.59 Å². The molecule has 1 heterocycles. The number of carbonyl (C=O) groups is 2. The summed E-state index contributed by atoms with van der Waals surface area (Å²) in [5.74, 6) is -0.287. The van der Waals surface area contributed by atoms with Crippen molar-refractivity contribution in [3.05, 3.63) is 23.3 Å². The maximum Gasteiger partial charge on any atom is 0.522 e. The number of nitrogen functional groups attached to an aromatic ring is 1. The average molecular weight is 371 g/mol. The monoisotopic (exact) mass is 371 g/mol. The molecule has 2 aliphatic rings. The Kier molecular flexibility index (Phi) is 6.64. The highest BCUT2D eigenvalue weighted by atomic mass is 16.5. The first-order valence-corrected chi connectivity index (χ1v) is 10.2. The minimum Gasteiger partial charge on any atom is -0.511 e. The van der Waals surface area contributed by atoms with Gasteiger partial charge >= 0.3 is 13.1 Å². The number of hydrogen-bond donors (Lipinski definition) is 3. The molecule has 1 fully saturated rings. The maximum atomic E-state index is 12.6. The van der Waals surface area contributed by atoms with E-state index < -0.39 is 7.05 Å². The van der Waals surface area contributed by atoms with Gasteiger partial charge in [0.1, 0.15) is 0 Å². The first-order chi connectivity index (χ1) is 13.0. The van der Waals surface area contributed by atoms with Crippen molar-refractivity contribution < 1.29 is 14.2 Å². The van der Waals surface area contributed by atoms with E-state index in [-0.39, 0.29) is 18.0 Å². The van der Waals surface area contributed by atoms with Crippen LogP contribution in [0.15, 0.2) is 12.1 Å². The van der Waals surface area contributed by atoms with E-state index in [0.29, 0.717) is 12.1 Å². The fourth-order valence-electron chi connectivity index (χ4n) is 3.98. The fraction of sp³-hybridized carbons (Fsp3) is 0.600. The van der Waals surface area contributed by atoms with Crippen LogP contribution in [-0.4, -0.2) is 25.1 Å². The lowest BCUT2D eigenvalue weighted by Crippen LogP contribution is -2.57. The molecule has 1 saturated carbocycles. The second-order valence-electron chi connectivity index (χ2n) is 7.79. The Labute approximate surface area is 161 Å². The van der Waals surface area contributed by atoms with Crippen LogP contribution in [0.4, 0.5) is 10.5 Å². The van der Waals surface area contributed by atoms with Crippen LogP contribution in [0, 0.1) is 6.92 Å². The summed E-state index contributed by atoms with van der Waals surface area (Å²) >= 11 is 0. The van der Waals surface area contributed by atoms with Crippen molar-refractivity contribution in [1.29, 1.82) is 0 Å². The Bertz CT molecular complexity index is 689. The van der Waals surface area contributed by atoms with Crippen molar-refractivity contribution in [2.45, 2.75) is 77.2 Å². The SMILES string of the molecule is Cc1cc2c(cc1N)B(NC(=O)NC1CCCCC1)OC(=O)CCCCC2. The summed E-state index contributed by atoms with van der Waals surface area (Å²) in [6.07, 6.45) is 9.57. The van der Waals surface area contributed by atoms with Gasteiger partial charge < -0.3 is 20.9 Å². The third kappa shape index (κ3) is 5.40. The van der Waals surface area contributed by atoms with E-state index in [9.17, 15) is 9.59 Å². The number of urea groups is 1. The Hall–Kier alpha value is -2.18. The van der Waals surface area contributed by atoms with Crippen LogP contribution in [0.5, 0.6) is 0 Å². The molecule has 7 heteroatoms. The van der Waals surface area contributed by atoms with Crippen LogP contribution >= 0.6 is 0 Å². The fourth-order valence-corrected chi connectivity index (χ4v) is 3.98. The molecular formula is C20H30BN3O3. The van der Waals surface area contributed by atoms with Crippen LogP contribution in [0.3, 0.4) is 0 Å². The van der Waals surface area contributed by atoms with Crippen molar-refractivity contribution >= 4 is 30.2 Å². The van der Waals surface area contributed by atoms with E-state index in [1.54, 1.807) is 0 Å². The first-order valence-electron chi connectivity index (χ1n) is 10.2. The predicted octanol–water partition coefficient (Wildman–Crippen LogP) is 2.56. The van der Waals surface area contributed by atoms with Crippen LogP contribution in [0.25, 0.3) is 0 Å². The molecule has 0 unspecified atom stereocenters. The normalized spacial score (nSPS) is 19.0. The van der Waals surface area contributed by atoms with Gasteiger partial charge in [0.15, 0.2) is 0 Å². The van der Waals surface area contributed by atoms with Crippen LogP contribution in [-0.2, 0) is 15.9 Å². The highest BCUT2D eigenvalue weighted by Crippen LogP contribution is 2.18. The minimum atomic E-state index is -0.808. The molecule has 0 bridgehead atoms. The van der Waals surface area contributed by atoms with E-state index in [4.69, 9.17) is 10.4 Å². The summed E-state index contributed by atoms with van der Waals surface area (Å²) in [4.78, 5) is 24.8. The Balaban J connectivity index is 1.80. The van der Waals surface area contributed by atoms with Crippen molar-refractivity contribution in [2.75, 3.05) is 5.73 Å². The van der Waals surface area contributed by atoms with E-state index >= 15 is 0 Å². The highest BCUT2D eigenvalue weighted by Gasteiger charge is 2.31. The molecular weight excluding hydrogens is 341 g/mol. The zero-order chi connectivity index (χ0) is 19.2. The predicted molar refractivity (Wildman–Crippen MR) is 108 cm³/mol. The molecule has 1 aromatic rings. The molecule has 0 radical (unpaired) electrons. The van der Waals surface area contributed by atoms with Crippen molar-refractivity contribution in [3.8, 4) is 0 Å². The molecule has 0 spiro atoms. The third-order valence-corrected chi connectivity index (χ3v) is 5.59. The molecule has 0 saturated heterocycles. The van der Waals surface area contributed by atoms with E-state index in [1.165, 1.54) is 6.42 Å². The molecule has 146 valence electrons. The summed E-state index contributed by atoms with van der Waals surface area (Å²) in [7, 11) is -0.808. The summed E-state index contributed by atoms with van der Waals surface area (Å²) < 4.78 is 5.64. The number of anilines is 1. The first kappa shape index (κ1) is 19.6.